The first-order chi connectivity index (χ1) is 28.7. The van der Waals surface area contributed by atoms with Crippen molar-refractivity contribution in [3.63, 3.8) is 0 Å². The van der Waals surface area contributed by atoms with Crippen LogP contribution in [-0.4, -0.2) is 62.7 Å². The van der Waals surface area contributed by atoms with Crippen molar-refractivity contribution >= 4 is 44.3 Å². The highest BCUT2D eigenvalue weighted by molar-refractivity contribution is 7.22. The molecule has 2 amide bonds. The fourth-order valence-corrected chi connectivity index (χ4v) is 9.74. The van der Waals surface area contributed by atoms with Gasteiger partial charge < -0.3 is 20.4 Å². The molecule has 4 aliphatic rings. The number of carbonyl (C=O) groups is 2. The van der Waals surface area contributed by atoms with Crippen LogP contribution in [0, 0.1) is 17.6 Å². The predicted octanol–water partition coefficient (Wildman–Crippen LogP) is 7.13. The summed E-state index contributed by atoms with van der Waals surface area (Å²) >= 11 is 1.38. The Hall–Kier alpha value is -6.11. The van der Waals surface area contributed by atoms with E-state index in [1.54, 1.807) is 36.7 Å². The Bertz CT molecular complexity index is 2690. The number of rotatable bonds is 9. The van der Waals surface area contributed by atoms with E-state index in [0.29, 0.717) is 70.0 Å². The number of thiazole rings is 1. The van der Waals surface area contributed by atoms with Crippen molar-refractivity contribution in [1.82, 2.24) is 35.4 Å². The minimum atomic E-state index is -5.04. The van der Waals surface area contributed by atoms with E-state index < -0.39 is 71.0 Å². The van der Waals surface area contributed by atoms with Crippen LogP contribution in [0.4, 0.5) is 41.6 Å². The highest BCUT2D eigenvalue weighted by Gasteiger charge is 2.68. The van der Waals surface area contributed by atoms with E-state index in [2.05, 4.69) is 30.5 Å². The van der Waals surface area contributed by atoms with Crippen molar-refractivity contribution in [3.8, 4) is 11.1 Å². The van der Waals surface area contributed by atoms with Gasteiger partial charge in [-0.15, -0.1) is 0 Å². The van der Waals surface area contributed by atoms with Gasteiger partial charge >= 0.3 is 6.18 Å². The minimum Gasteiger partial charge on any atom is -0.368 e. The lowest BCUT2D eigenvalue weighted by Gasteiger charge is -2.35. The second-order valence-corrected chi connectivity index (χ2v) is 16.4. The number of hydrogen-bond acceptors (Lipinski definition) is 9. The molecule has 4 aromatic heterocycles. The van der Waals surface area contributed by atoms with Crippen molar-refractivity contribution in [2.24, 2.45) is 5.92 Å². The summed E-state index contributed by atoms with van der Waals surface area (Å²) in [6, 6.07) is 12.5. The molecule has 6 aromatic rings. The third kappa shape index (κ3) is 6.67. The lowest BCUT2D eigenvalue weighted by Crippen LogP contribution is -2.46. The molecule has 19 heteroatoms. The largest absolute Gasteiger partial charge is 0.435 e. The molecule has 0 spiro atoms. The molecule has 1 saturated heterocycles. The van der Waals surface area contributed by atoms with E-state index in [9.17, 15) is 31.5 Å². The molecule has 1 saturated carbocycles. The molecular formula is C41H32F7N9O2S. The Kier molecular flexibility index (Phi) is 8.89. The maximum atomic E-state index is 15.4. The molecule has 3 atom stereocenters. The molecule has 2 aromatic carbocycles. The normalized spacial score (nSPS) is 19.6. The Labute approximate surface area is 340 Å². The number of fused-ring (bicyclic) bond motifs is 5. The molecule has 0 unspecified atom stereocenters. The quantitative estimate of drug-likeness (QED) is 0.148. The third-order valence-electron chi connectivity index (χ3n) is 11.6. The molecule has 10 rings (SSSR count). The van der Waals surface area contributed by atoms with Gasteiger partial charge in [-0.3, -0.25) is 19.3 Å². The van der Waals surface area contributed by atoms with Crippen LogP contribution >= 0.6 is 11.3 Å². The van der Waals surface area contributed by atoms with Crippen LogP contribution in [0.25, 0.3) is 21.5 Å². The summed E-state index contributed by atoms with van der Waals surface area (Å²) in [7, 11) is 0. The number of piperazine rings is 1. The minimum absolute atomic E-state index is 0.0935. The van der Waals surface area contributed by atoms with Gasteiger partial charge in [-0.05, 0) is 71.8 Å². The third-order valence-corrected chi connectivity index (χ3v) is 12.7. The van der Waals surface area contributed by atoms with Gasteiger partial charge in [0.25, 0.3) is 11.8 Å². The van der Waals surface area contributed by atoms with Gasteiger partial charge in [0.1, 0.15) is 23.9 Å². The summed E-state index contributed by atoms with van der Waals surface area (Å²) < 4.78 is 103. The van der Waals surface area contributed by atoms with Crippen molar-refractivity contribution in [1.29, 1.82) is 0 Å². The van der Waals surface area contributed by atoms with Gasteiger partial charge in [0.05, 0.1) is 16.4 Å². The average molecular weight is 848 g/mol. The number of pyridine rings is 2. The summed E-state index contributed by atoms with van der Waals surface area (Å²) in [6.45, 7) is 2.00. The first-order valence-corrected chi connectivity index (χ1v) is 20.0. The zero-order valence-corrected chi connectivity index (χ0v) is 32.1. The van der Waals surface area contributed by atoms with Crippen molar-refractivity contribution < 1.29 is 40.3 Å². The molecule has 2 aliphatic heterocycles. The highest BCUT2D eigenvalue weighted by atomic mass is 32.1. The molecule has 0 radical (unpaired) electrons. The first-order valence-electron chi connectivity index (χ1n) is 19.1. The summed E-state index contributed by atoms with van der Waals surface area (Å²) in [6.07, 6.45) is -1.97. The van der Waals surface area contributed by atoms with E-state index in [-0.39, 0.29) is 35.7 Å². The first kappa shape index (κ1) is 38.1. The second kappa shape index (κ2) is 14.0. The standard InChI is InChI=1S/C41H32F7N9O2S/c42-23-11-20(12-24(43)15-23)13-30(51-32(58)19-57-36-33(35(54-57)41(46,47)48)28-16-29(28)40(36,44)45)34-26(21-1-2-22-18-50-38(59)27(22)14-21)17-31-37(52-34)53-39(60-31)56-9-7-55(8-10-56)25-3-5-49-6-4-25/h1-6,11-12,14-15,17,28-30H,7-10,13,16,18-19H2,(H,50,59)(H,51,58)/t28-,29+,30+/m0/s1. The number of carbonyl (C=O) groups excluding carboxylic acids is 2. The van der Waals surface area contributed by atoms with Crippen LogP contribution in [0.15, 0.2) is 67.0 Å². The topological polar surface area (TPSA) is 121 Å². The maximum Gasteiger partial charge on any atom is 0.435 e. The average Bonchev–Trinajstić information content (AvgIpc) is 3.44. The zero-order chi connectivity index (χ0) is 41.7. The van der Waals surface area contributed by atoms with E-state index in [1.165, 1.54) is 11.3 Å². The molecule has 2 aliphatic carbocycles. The van der Waals surface area contributed by atoms with E-state index >= 15 is 8.78 Å². The van der Waals surface area contributed by atoms with Crippen LogP contribution in [0.3, 0.4) is 0 Å². The number of nitrogens with zero attached hydrogens (tertiary/aromatic N) is 7. The van der Waals surface area contributed by atoms with E-state index in [1.807, 2.05) is 12.1 Å². The molecule has 2 fully saturated rings. The summed E-state index contributed by atoms with van der Waals surface area (Å²) in [5, 5.41) is 9.68. The van der Waals surface area contributed by atoms with Crippen molar-refractivity contribution in [2.45, 2.75) is 50.0 Å². The number of amides is 2. The Morgan fingerprint density at radius 2 is 1.68 bits per heavy atom. The molecule has 0 bridgehead atoms. The van der Waals surface area contributed by atoms with Crippen LogP contribution in [0.2, 0.25) is 0 Å². The number of aromatic nitrogens is 5. The number of nitrogens with one attached hydrogen (secondary N) is 2. The summed E-state index contributed by atoms with van der Waals surface area (Å²) in [5.41, 5.74) is 0.705. The van der Waals surface area contributed by atoms with Crippen LogP contribution < -0.4 is 20.4 Å². The predicted molar refractivity (Wildman–Crippen MR) is 206 cm³/mol. The summed E-state index contributed by atoms with van der Waals surface area (Å²) in [4.78, 5) is 45.0. The monoisotopic (exact) mass is 847 g/mol. The lowest BCUT2D eigenvalue weighted by molar-refractivity contribution is -0.142. The van der Waals surface area contributed by atoms with Gasteiger partial charge in [0.2, 0.25) is 5.91 Å². The Balaban J connectivity index is 1.04. The van der Waals surface area contributed by atoms with Gasteiger partial charge in [0.15, 0.2) is 16.5 Å². The number of halogens is 7. The molecule has 60 heavy (non-hydrogen) atoms. The number of hydrogen-bond donors (Lipinski definition) is 2. The molecule has 6 heterocycles. The molecule has 11 nitrogen and oxygen atoms in total. The maximum absolute atomic E-state index is 15.4. The number of benzene rings is 2. The summed E-state index contributed by atoms with van der Waals surface area (Å²) in [5.74, 6) is -9.05. The zero-order valence-electron chi connectivity index (χ0n) is 31.2. The number of anilines is 2. The van der Waals surface area contributed by atoms with Gasteiger partial charge in [-0.2, -0.15) is 32.0 Å². The fraction of sp³-hybridized carbons (Fsp3) is 0.317. The van der Waals surface area contributed by atoms with Gasteiger partial charge in [0, 0.05) is 79.5 Å². The number of alkyl halides is 5. The lowest BCUT2D eigenvalue weighted by atomic mass is 9.93. The smallest absolute Gasteiger partial charge is 0.368 e. The Morgan fingerprint density at radius 1 is 0.950 bits per heavy atom. The van der Waals surface area contributed by atoms with Gasteiger partial charge in [-0.1, -0.05) is 23.5 Å². The van der Waals surface area contributed by atoms with Crippen LogP contribution in [0.1, 0.15) is 62.5 Å². The molecular weight excluding hydrogens is 816 g/mol. The second-order valence-electron chi connectivity index (χ2n) is 15.4. The molecule has 2 N–H and O–H groups in total. The highest BCUT2D eigenvalue weighted by Crippen LogP contribution is 2.68. The van der Waals surface area contributed by atoms with Crippen LogP contribution in [-0.2, 0) is 36.4 Å². The van der Waals surface area contributed by atoms with Crippen molar-refractivity contribution in [3.05, 3.63) is 118 Å². The SMILES string of the molecule is O=C(Cn1nc(C(F)(F)F)c2c1C(F)(F)[C@@H]1C[C@H]21)N[C@H](Cc1cc(F)cc(F)c1)c1nc2nc(N3CCN(c4ccncc4)CC3)sc2cc1-c1ccc2c(c1)C(=O)NC2. The fourth-order valence-electron chi connectivity index (χ4n) is 8.74. The van der Waals surface area contributed by atoms with E-state index in [0.717, 1.165) is 23.4 Å². The van der Waals surface area contributed by atoms with E-state index in [4.69, 9.17) is 9.97 Å². The van der Waals surface area contributed by atoms with Crippen molar-refractivity contribution in [2.75, 3.05) is 36.0 Å². The van der Waals surface area contributed by atoms with Crippen LogP contribution in [0.5, 0.6) is 0 Å². The van der Waals surface area contributed by atoms with Gasteiger partial charge in [-0.25, -0.2) is 13.8 Å². The molecule has 308 valence electrons. The Morgan fingerprint density at radius 3 is 2.42 bits per heavy atom.